The molecule has 0 amide bonds. The fourth-order valence-electron chi connectivity index (χ4n) is 4.47. The average Bonchev–Trinajstić information content (AvgIpc) is 2.95. The third-order valence-corrected chi connectivity index (χ3v) is 6.61. The van der Waals surface area contributed by atoms with Crippen LogP contribution in [0.4, 0.5) is 0 Å². The van der Waals surface area contributed by atoms with E-state index in [1.165, 1.54) is 7.11 Å². The maximum Gasteiger partial charge on any atom is 0.182 e. The highest BCUT2D eigenvalue weighted by Crippen LogP contribution is 2.29. The summed E-state index contributed by atoms with van der Waals surface area (Å²) in [7, 11) is 3.15. The molecule has 2 aromatic carbocycles. The van der Waals surface area contributed by atoms with Gasteiger partial charge in [-0.2, -0.15) is 0 Å². The van der Waals surface area contributed by atoms with Crippen LogP contribution < -0.4 is 25.1 Å². The third-order valence-electron chi connectivity index (χ3n) is 6.61. The number of pyridine rings is 2. The Morgan fingerprint density at radius 1 is 0.651 bits per heavy atom. The summed E-state index contributed by atoms with van der Waals surface area (Å²) in [4.78, 5) is 22.9. The molecule has 2 heterocycles. The lowest BCUT2D eigenvalue weighted by Gasteiger charge is -2.11. The molecule has 8 heteroatoms. The maximum absolute atomic E-state index is 11.5. The molecule has 0 spiro atoms. The Labute approximate surface area is 252 Å². The van der Waals surface area contributed by atoms with Gasteiger partial charge in [0.15, 0.2) is 33.9 Å². The topological polar surface area (TPSA) is 91.9 Å². The van der Waals surface area contributed by atoms with Crippen molar-refractivity contribution < 1.29 is 19.3 Å². The summed E-state index contributed by atoms with van der Waals surface area (Å²) in [6.45, 7) is 10.3. The molecule has 0 unspecified atom stereocenters. The summed E-state index contributed by atoms with van der Waals surface area (Å²) in [5.74, 6) is 2.01. The molecule has 0 aliphatic heterocycles. The molecule has 8 nitrogen and oxygen atoms in total. The maximum atomic E-state index is 11.5. The molecule has 4 aromatic rings. The summed E-state index contributed by atoms with van der Waals surface area (Å²) in [6, 6.07) is 17.4. The molecule has 226 valence electrons. The van der Waals surface area contributed by atoms with E-state index >= 15 is 0 Å². The third kappa shape index (κ3) is 9.00. The van der Waals surface area contributed by atoms with E-state index in [0.29, 0.717) is 12.4 Å². The predicted molar refractivity (Wildman–Crippen MR) is 174 cm³/mol. The van der Waals surface area contributed by atoms with E-state index in [1.54, 1.807) is 43.5 Å². The van der Waals surface area contributed by atoms with Gasteiger partial charge in [0.2, 0.25) is 0 Å². The summed E-state index contributed by atoms with van der Waals surface area (Å²) >= 11 is 0. The number of phenols is 1. The first-order valence-corrected chi connectivity index (χ1v) is 14.0. The Hall–Kier alpha value is -4.98. The number of phenolic OH excluding ortho intramolecular Hbond substituents is 1. The van der Waals surface area contributed by atoms with Gasteiger partial charge in [0.05, 0.1) is 20.8 Å². The summed E-state index contributed by atoms with van der Waals surface area (Å²) in [6.07, 6.45) is 8.62. The largest absolute Gasteiger partial charge is 0.504 e. The van der Waals surface area contributed by atoms with E-state index in [1.807, 2.05) is 85.6 Å². The molecular formula is C35H40N2O6. The molecule has 0 saturated heterocycles. The first-order valence-electron chi connectivity index (χ1n) is 14.0. The highest BCUT2D eigenvalue weighted by molar-refractivity contribution is 5.65. The second-order valence-corrected chi connectivity index (χ2v) is 10.0. The molecule has 0 fully saturated rings. The smallest absolute Gasteiger partial charge is 0.182 e. The number of benzene rings is 2. The van der Waals surface area contributed by atoms with Crippen molar-refractivity contribution in [1.29, 1.82) is 0 Å². The number of nitrogens with zero attached hydrogens (tertiary/aromatic N) is 2. The van der Waals surface area contributed by atoms with Crippen molar-refractivity contribution in [2.24, 2.45) is 0 Å². The predicted octanol–water partition coefficient (Wildman–Crippen LogP) is 6.70. The zero-order valence-corrected chi connectivity index (χ0v) is 25.9. The zero-order chi connectivity index (χ0) is 31.5. The Morgan fingerprint density at radius 2 is 1.09 bits per heavy atom. The summed E-state index contributed by atoms with van der Waals surface area (Å²) in [5.41, 5.74) is 5.43. The van der Waals surface area contributed by atoms with Crippen molar-refractivity contribution in [3.63, 3.8) is 0 Å². The molecule has 0 saturated carbocycles. The van der Waals surface area contributed by atoms with E-state index in [2.05, 4.69) is 6.92 Å². The first-order chi connectivity index (χ1) is 20.6. The van der Waals surface area contributed by atoms with Crippen LogP contribution in [0.1, 0.15) is 47.2 Å². The van der Waals surface area contributed by atoms with Gasteiger partial charge in [-0.15, -0.1) is 0 Å². The van der Waals surface area contributed by atoms with Crippen LogP contribution in [0.5, 0.6) is 23.0 Å². The van der Waals surface area contributed by atoms with Gasteiger partial charge in [-0.05, 0) is 81.7 Å². The number of ether oxygens (including phenoxy) is 3. The van der Waals surface area contributed by atoms with Gasteiger partial charge in [0.25, 0.3) is 0 Å². The molecule has 1 N–H and O–H groups in total. The molecule has 0 aliphatic carbocycles. The Kier molecular flexibility index (Phi) is 11.6. The molecule has 0 radical (unpaired) electrons. The number of aryl methyl sites for hydroxylation is 4. The van der Waals surface area contributed by atoms with E-state index in [-0.39, 0.29) is 16.6 Å². The van der Waals surface area contributed by atoms with Gasteiger partial charge < -0.3 is 28.5 Å². The van der Waals surface area contributed by atoms with Gasteiger partial charge in [0, 0.05) is 59.4 Å². The van der Waals surface area contributed by atoms with Gasteiger partial charge in [-0.3, -0.25) is 9.59 Å². The van der Waals surface area contributed by atoms with Gasteiger partial charge in [0.1, 0.15) is 0 Å². The van der Waals surface area contributed by atoms with Crippen LogP contribution in [0.15, 0.2) is 70.3 Å². The van der Waals surface area contributed by atoms with Crippen molar-refractivity contribution in [3.05, 3.63) is 115 Å². The van der Waals surface area contributed by atoms with E-state index in [4.69, 9.17) is 14.2 Å². The lowest BCUT2D eigenvalue weighted by Crippen LogP contribution is -2.08. The van der Waals surface area contributed by atoms with Crippen LogP contribution in [0.25, 0.3) is 24.6 Å². The van der Waals surface area contributed by atoms with E-state index in [9.17, 15) is 14.7 Å². The van der Waals surface area contributed by atoms with Gasteiger partial charge in [-0.1, -0.05) is 19.1 Å². The van der Waals surface area contributed by atoms with E-state index < -0.39 is 0 Å². The second-order valence-electron chi connectivity index (χ2n) is 10.0. The highest BCUT2D eigenvalue weighted by atomic mass is 16.5. The summed E-state index contributed by atoms with van der Waals surface area (Å²) < 4.78 is 20.0. The number of methoxy groups -OCH3 is 2. The number of hydrogen-bond acceptors (Lipinski definition) is 6. The average molecular weight is 585 g/mol. The molecule has 43 heavy (non-hydrogen) atoms. The normalized spacial score (nSPS) is 11.0. The van der Waals surface area contributed by atoms with Crippen molar-refractivity contribution in [2.75, 3.05) is 20.8 Å². The minimum atomic E-state index is 0.00624. The van der Waals surface area contributed by atoms with Crippen molar-refractivity contribution >= 4 is 24.6 Å². The minimum Gasteiger partial charge on any atom is -0.504 e. The minimum absolute atomic E-state index is 0.00624. The molecule has 0 atom stereocenters. The Bertz CT molecular complexity index is 1680. The van der Waals surface area contributed by atoms with E-state index in [0.717, 1.165) is 51.8 Å². The van der Waals surface area contributed by atoms with Crippen LogP contribution >= 0.6 is 0 Å². The standard InChI is InChI=1S/C19H23NO3.C16H17NO3/c1-5-10-23-19-13-16(6-7-18(19)22-4)8-9-20-14(2)11-17(21)12-15(20)3;1-11-8-14(18)9-12(2)17(11)7-6-13-4-5-16(20-3)15(19)10-13/h6-9,11-13H,5,10H2,1-4H3;4-10,19H,1-3H3/b9-8+;7-6+. The number of hydrogen-bond donors (Lipinski definition) is 1. The quantitative estimate of drug-likeness (QED) is 0.236. The van der Waals surface area contributed by atoms with Crippen molar-refractivity contribution in [2.45, 2.75) is 41.0 Å². The van der Waals surface area contributed by atoms with Crippen LogP contribution in [-0.4, -0.2) is 35.1 Å². The SMILES string of the molecule is CCCOc1cc(/C=C/n2c(C)cc(=O)cc2C)ccc1OC.COc1ccc(/C=C/n2c(C)cc(=O)cc2C)cc1O. The lowest BCUT2D eigenvalue weighted by atomic mass is 10.2. The number of aromatic hydroxyl groups is 1. The molecular weight excluding hydrogens is 544 g/mol. The van der Waals surface area contributed by atoms with Crippen LogP contribution in [0.3, 0.4) is 0 Å². The van der Waals surface area contributed by atoms with Crippen molar-refractivity contribution in [3.8, 4) is 23.0 Å². The summed E-state index contributed by atoms with van der Waals surface area (Å²) in [5, 5.41) is 9.73. The molecule has 0 bridgehead atoms. The van der Waals surface area contributed by atoms with Gasteiger partial charge >= 0.3 is 0 Å². The van der Waals surface area contributed by atoms with Crippen LogP contribution in [-0.2, 0) is 0 Å². The van der Waals surface area contributed by atoms with Crippen molar-refractivity contribution in [1.82, 2.24) is 9.13 Å². The van der Waals surface area contributed by atoms with Gasteiger partial charge in [-0.25, -0.2) is 0 Å². The molecule has 4 rings (SSSR count). The van der Waals surface area contributed by atoms with Crippen LogP contribution in [0.2, 0.25) is 0 Å². The number of rotatable bonds is 9. The lowest BCUT2D eigenvalue weighted by molar-refractivity contribution is 0.294. The molecule has 0 aliphatic rings. The Balaban J connectivity index is 0.000000238. The first kappa shape index (κ1) is 32.5. The molecule has 2 aromatic heterocycles. The number of aromatic nitrogens is 2. The second kappa shape index (κ2) is 15.3. The van der Waals surface area contributed by atoms with Crippen LogP contribution in [0, 0.1) is 27.7 Å². The Morgan fingerprint density at radius 3 is 1.51 bits per heavy atom. The monoisotopic (exact) mass is 584 g/mol. The zero-order valence-electron chi connectivity index (χ0n) is 25.9. The highest BCUT2D eigenvalue weighted by Gasteiger charge is 2.05. The fourth-order valence-corrected chi connectivity index (χ4v) is 4.47. The fraction of sp³-hybridized carbons (Fsp3) is 0.257.